The number of rotatable bonds is 5. The summed E-state index contributed by atoms with van der Waals surface area (Å²) >= 11 is 0. The number of aromatic nitrogens is 2. The predicted molar refractivity (Wildman–Crippen MR) is 109 cm³/mol. The van der Waals surface area contributed by atoms with E-state index in [-0.39, 0.29) is 11.5 Å². The molecular formula is C22H34N4O2. The van der Waals surface area contributed by atoms with Gasteiger partial charge in [-0.05, 0) is 50.9 Å². The smallest absolute Gasteiger partial charge is 0.222 e. The van der Waals surface area contributed by atoms with Crippen molar-refractivity contribution in [1.29, 1.82) is 0 Å². The van der Waals surface area contributed by atoms with E-state index in [0.717, 1.165) is 89.4 Å². The summed E-state index contributed by atoms with van der Waals surface area (Å²) in [6, 6.07) is 0. The third-order valence-corrected chi connectivity index (χ3v) is 6.80. The molecule has 6 heteroatoms. The summed E-state index contributed by atoms with van der Waals surface area (Å²) in [6.45, 7) is 8.77. The molecule has 1 unspecified atom stereocenters. The highest BCUT2D eigenvalue weighted by Gasteiger charge is 2.42. The fourth-order valence-electron chi connectivity index (χ4n) is 5.11. The summed E-state index contributed by atoms with van der Waals surface area (Å²) < 4.78 is 5.79. The first kappa shape index (κ1) is 19.6. The molecule has 0 aliphatic carbocycles. The van der Waals surface area contributed by atoms with Crippen LogP contribution in [0.25, 0.3) is 0 Å². The largest absolute Gasteiger partial charge is 0.376 e. The van der Waals surface area contributed by atoms with Gasteiger partial charge in [-0.1, -0.05) is 13.3 Å². The van der Waals surface area contributed by atoms with Crippen LogP contribution in [0.1, 0.15) is 63.3 Å². The lowest BCUT2D eigenvalue weighted by Crippen LogP contribution is -2.53. The zero-order chi connectivity index (χ0) is 19.6. The van der Waals surface area contributed by atoms with E-state index < -0.39 is 0 Å². The highest BCUT2D eigenvalue weighted by atomic mass is 16.5. The quantitative estimate of drug-likeness (QED) is 0.778. The van der Waals surface area contributed by atoms with Gasteiger partial charge in [0.25, 0.3) is 0 Å². The Morgan fingerprint density at radius 2 is 2.11 bits per heavy atom. The zero-order valence-electron chi connectivity index (χ0n) is 17.5. The average Bonchev–Trinajstić information content (AvgIpc) is 3.20. The fourth-order valence-corrected chi connectivity index (χ4v) is 5.11. The van der Waals surface area contributed by atoms with E-state index in [1.165, 1.54) is 5.56 Å². The molecule has 3 aliphatic rings. The summed E-state index contributed by atoms with van der Waals surface area (Å²) in [5, 5.41) is 0. The van der Waals surface area contributed by atoms with Gasteiger partial charge in [-0.25, -0.2) is 9.97 Å². The van der Waals surface area contributed by atoms with Gasteiger partial charge in [-0.15, -0.1) is 0 Å². The number of carbonyl (C=O) groups is 1. The molecular weight excluding hydrogens is 352 g/mol. The number of amides is 1. The van der Waals surface area contributed by atoms with Crippen LogP contribution in [-0.4, -0.2) is 59.7 Å². The number of nitrogens with zero attached hydrogens (tertiary/aromatic N) is 4. The minimum Gasteiger partial charge on any atom is -0.376 e. The van der Waals surface area contributed by atoms with Crippen LogP contribution >= 0.6 is 0 Å². The van der Waals surface area contributed by atoms with Crippen LogP contribution < -0.4 is 4.90 Å². The third kappa shape index (κ3) is 4.17. The van der Waals surface area contributed by atoms with Crippen LogP contribution in [-0.2, 0) is 16.0 Å². The Morgan fingerprint density at radius 3 is 2.82 bits per heavy atom. The maximum Gasteiger partial charge on any atom is 0.222 e. The lowest BCUT2D eigenvalue weighted by atomic mass is 9.72. The summed E-state index contributed by atoms with van der Waals surface area (Å²) in [7, 11) is 0. The normalized spacial score (nSPS) is 24.9. The number of anilines is 1. The first-order valence-corrected chi connectivity index (χ1v) is 11.1. The van der Waals surface area contributed by atoms with Gasteiger partial charge in [-0.3, -0.25) is 4.79 Å². The van der Waals surface area contributed by atoms with Gasteiger partial charge in [0.05, 0.1) is 6.10 Å². The second kappa shape index (κ2) is 8.36. The lowest BCUT2D eigenvalue weighted by molar-refractivity contribution is -0.140. The van der Waals surface area contributed by atoms with E-state index in [1.54, 1.807) is 0 Å². The number of aryl methyl sites for hydroxylation is 2. The van der Waals surface area contributed by atoms with E-state index >= 15 is 0 Å². The molecule has 1 atom stereocenters. The monoisotopic (exact) mass is 386 g/mol. The van der Waals surface area contributed by atoms with E-state index in [4.69, 9.17) is 9.72 Å². The summed E-state index contributed by atoms with van der Waals surface area (Å²) in [5.41, 5.74) is 1.54. The summed E-state index contributed by atoms with van der Waals surface area (Å²) in [4.78, 5) is 26.2. The maximum atomic E-state index is 12.5. The summed E-state index contributed by atoms with van der Waals surface area (Å²) in [5.74, 6) is 2.30. The summed E-state index contributed by atoms with van der Waals surface area (Å²) in [6.07, 6.45) is 10.6. The Kier molecular flexibility index (Phi) is 5.85. The molecule has 1 aromatic heterocycles. The van der Waals surface area contributed by atoms with Crippen molar-refractivity contribution in [2.45, 2.75) is 71.3 Å². The minimum atomic E-state index is 0.250. The molecule has 28 heavy (non-hydrogen) atoms. The minimum absolute atomic E-state index is 0.250. The predicted octanol–water partition coefficient (Wildman–Crippen LogP) is 3.13. The van der Waals surface area contributed by atoms with Crippen LogP contribution in [0.5, 0.6) is 0 Å². The molecule has 6 nitrogen and oxygen atoms in total. The first-order valence-electron chi connectivity index (χ1n) is 11.1. The van der Waals surface area contributed by atoms with Gasteiger partial charge in [-0.2, -0.15) is 0 Å². The first-order chi connectivity index (χ1) is 13.6. The molecule has 0 radical (unpaired) electrons. The number of carbonyl (C=O) groups excluding carboxylic acids is 1. The van der Waals surface area contributed by atoms with Gasteiger partial charge in [0.2, 0.25) is 5.91 Å². The van der Waals surface area contributed by atoms with E-state index in [1.807, 2.05) is 13.1 Å². The molecule has 154 valence electrons. The Balaban J connectivity index is 1.41. The maximum absolute atomic E-state index is 12.5. The van der Waals surface area contributed by atoms with Crippen molar-refractivity contribution in [2.24, 2.45) is 5.41 Å². The number of hydrogen-bond acceptors (Lipinski definition) is 5. The van der Waals surface area contributed by atoms with E-state index in [2.05, 4.69) is 21.7 Å². The fraction of sp³-hybridized carbons (Fsp3) is 0.773. The molecule has 4 rings (SSSR count). The second-order valence-electron chi connectivity index (χ2n) is 8.91. The highest BCUT2D eigenvalue weighted by molar-refractivity contribution is 5.77. The van der Waals surface area contributed by atoms with Gasteiger partial charge >= 0.3 is 0 Å². The molecule has 1 amide bonds. The van der Waals surface area contributed by atoms with Crippen molar-refractivity contribution in [3.63, 3.8) is 0 Å². The number of piperidine rings is 2. The van der Waals surface area contributed by atoms with Crippen molar-refractivity contribution >= 4 is 11.7 Å². The molecule has 3 saturated heterocycles. The van der Waals surface area contributed by atoms with Crippen molar-refractivity contribution in [1.82, 2.24) is 14.9 Å². The topological polar surface area (TPSA) is 58.6 Å². The van der Waals surface area contributed by atoms with Gasteiger partial charge in [0.15, 0.2) is 0 Å². The van der Waals surface area contributed by atoms with Crippen LogP contribution in [0.2, 0.25) is 0 Å². The Bertz CT molecular complexity index is 694. The SMILES string of the molecule is CCCc1cnc(C)nc1N1CCC2(CCC(=O)N(CC3CCCO3)C2)CC1. The second-order valence-corrected chi connectivity index (χ2v) is 8.91. The Morgan fingerprint density at radius 1 is 1.29 bits per heavy atom. The van der Waals surface area contributed by atoms with Crippen LogP contribution in [0.3, 0.4) is 0 Å². The molecule has 3 fully saturated rings. The molecule has 0 N–H and O–H groups in total. The molecule has 4 heterocycles. The van der Waals surface area contributed by atoms with Gasteiger partial charge < -0.3 is 14.5 Å². The number of ether oxygens (including phenoxy) is 1. The van der Waals surface area contributed by atoms with Crippen molar-refractivity contribution in [2.75, 3.05) is 37.7 Å². The number of hydrogen-bond donors (Lipinski definition) is 0. The molecule has 1 aromatic rings. The number of likely N-dealkylation sites (tertiary alicyclic amines) is 1. The molecule has 1 spiro atoms. The highest BCUT2D eigenvalue weighted by Crippen LogP contribution is 2.41. The third-order valence-electron chi connectivity index (χ3n) is 6.80. The average molecular weight is 387 g/mol. The zero-order valence-corrected chi connectivity index (χ0v) is 17.5. The Hall–Kier alpha value is -1.69. The van der Waals surface area contributed by atoms with Gasteiger partial charge in [0.1, 0.15) is 11.6 Å². The molecule has 0 aromatic carbocycles. The van der Waals surface area contributed by atoms with Crippen molar-refractivity contribution in [3.8, 4) is 0 Å². The molecule has 3 aliphatic heterocycles. The van der Waals surface area contributed by atoms with Crippen LogP contribution in [0.15, 0.2) is 6.20 Å². The van der Waals surface area contributed by atoms with E-state index in [9.17, 15) is 4.79 Å². The molecule has 0 bridgehead atoms. The molecule has 0 saturated carbocycles. The lowest BCUT2D eigenvalue weighted by Gasteiger charge is -2.48. The van der Waals surface area contributed by atoms with Crippen molar-refractivity contribution < 1.29 is 9.53 Å². The van der Waals surface area contributed by atoms with Gasteiger partial charge in [0, 0.05) is 51.0 Å². The Labute approximate surface area is 168 Å². The van der Waals surface area contributed by atoms with Crippen LogP contribution in [0.4, 0.5) is 5.82 Å². The van der Waals surface area contributed by atoms with E-state index in [0.29, 0.717) is 12.3 Å². The van der Waals surface area contributed by atoms with Crippen molar-refractivity contribution in [3.05, 3.63) is 17.6 Å². The van der Waals surface area contributed by atoms with Crippen LogP contribution in [0, 0.1) is 12.3 Å². The standard InChI is InChI=1S/C22H34N4O2/c1-3-5-18-14-23-17(2)24-21(18)25-11-9-22(10-12-25)8-7-20(27)26(16-22)15-19-6-4-13-28-19/h14,19H,3-13,15-16H2,1-2H3.